The number of nitrogens with one attached hydrogen (secondary N) is 1. The van der Waals surface area contributed by atoms with Crippen molar-refractivity contribution in [3.05, 3.63) is 0 Å². The third kappa shape index (κ3) is 3.46. The fourth-order valence-electron chi connectivity index (χ4n) is 2.42. The Balaban J connectivity index is 1.60. The molecule has 1 N–H and O–H groups in total. The van der Waals surface area contributed by atoms with Crippen LogP contribution in [0.15, 0.2) is 0 Å². The molecule has 1 aliphatic heterocycles. The van der Waals surface area contributed by atoms with Gasteiger partial charge >= 0.3 is 0 Å². The normalized spacial score (nSPS) is 26.8. The van der Waals surface area contributed by atoms with Gasteiger partial charge in [-0.05, 0) is 51.2 Å². The van der Waals surface area contributed by atoms with Crippen molar-refractivity contribution in [3.63, 3.8) is 0 Å². The highest BCUT2D eigenvalue weighted by atomic mass is 15.2. The predicted molar refractivity (Wildman–Crippen MR) is 65.1 cm³/mol. The van der Waals surface area contributed by atoms with Crippen LogP contribution < -0.4 is 5.32 Å². The van der Waals surface area contributed by atoms with Gasteiger partial charge in [-0.3, -0.25) is 0 Å². The average molecular weight is 210 g/mol. The topological polar surface area (TPSA) is 15.3 Å². The molecule has 0 radical (unpaired) electrons. The van der Waals surface area contributed by atoms with Gasteiger partial charge in [0.05, 0.1) is 0 Å². The van der Waals surface area contributed by atoms with Gasteiger partial charge < -0.3 is 10.2 Å². The van der Waals surface area contributed by atoms with Crippen LogP contribution in [-0.4, -0.2) is 36.6 Å². The van der Waals surface area contributed by atoms with Crippen molar-refractivity contribution in [1.82, 2.24) is 10.2 Å². The fourth-order valence-corrected chi connectivity index (χ4v) is 2.42. The zero-order valence-corrected chi connectivity index (χ0v) is 10.3. The van der Waals surface area contributed by atoms with Crippen LogP contribution in [0.4, 0.5) is 0 Å². The molecule has 0 spiro atoms. The lowest BCUT2D eigenvalue weighted by atomic mass is 10.0. The summed E-state index contributed by atoms with van der Waals surface area (Å²) in [4.78, 5) is 2.70. The molecular formula is C13H26N2. The summed E-state index contributed by atoms with van der Waals surface area (Å²) in [5, 5.41) is 3.73. The first-order valence-corrected chi connectivity index (χ1v) is 6.77. The number of nitrogens with zero attached hydrogens (tertiary/aromatic N) is 1. The van der Waals surface area contributed by atoms with Crippen molar-refractivity contribution < 1.29 is 0 Å². The molecule has 0 aromatic carbocycles. The van der Waals surface area contributed by atoms with Crippen LogP contribution in [0.3, 0.4) is 0 Å². The molecule has 0 aromatic heterocycles. The molecule has 1 heterocycles. The Kier molecular flexibility index (Phi) is 4.04. The second-order valence-corrected chi connectivity index (χ2v) is 5.46. The van der Waals surface area contributed by atoms with Gasteiger partial charge in [-0.25, -0.2) is 0 Å². The third-order valence-electron chi connectivity index (χ3n) is 4.04. The van der Waals surface area contributed by atoms with E-state index in [9.17, 15) is 0 Å². The largest absolute Gasteiger partial charge is 0.314 e. The highest BCUT2D eigenvalue weighted by Crippen LogP contribution is 2.29. The molecule has 1 saturated carbocycles. The molecule has 15 heavy (non-hydrogen) atoms. The van der Waals surface area contributed by atoms with Crippen molar-refractivity contribution in [2.45, 2.75) is 58.0 Å². The maximum absolute atomic E-state index is 3.73. The van der Waals surface area contributed by atoms with Crippen molar-refractivity contribution in [2.75, 3.05) is 19.6 Å². The van der Waals surface area contributed by atoms with Crippen LogP contribution in [0.1, 0.15) is 46.0 Å². The Labute approximate surface area is 94.4 Å². The van der Waals surface area contributed by atoms with Gasteiger partial charge in [0.15, 0.2) is 0 Å². The summed E-state index contributed by atoms with van der Waals surface area (Å²) < 4.78 is 0. The summed E-state index contributed by atoms with van der Waals surface area (Å²) in [5.41, 5.74) is 0. The van der Waals surface area contributed by atoms with Gasteiger partial charge in [-0.15, -0.1) is 0 Å². The van der Waals surface area contributed by atoms with Crippen LogP contribution in [0.5, 0.6) is 0 Å². The molecule has 0 amide bonds. The number of likely N-dealkylation sites (tertiary alicyclic amines) is 1. The van der Waals surface area contributed by atoms with Gasteiger partial charge in [0.1, 0.15) is 0 Å². The molecule has 1 atom stereocenters. The van der Waals surface area contributed by atoms with Crippen molar-refractivity contribution in [3.8, 4) is 0 Å². The van der Waals surface area contributed by atoms with Gasteiger partial charge in [0.25, 0.3) is 0 Å². The van der Waals surface area contributed by atoms with Crippen molar-refractivity contribution in [1.29, 1.82) is 0 Å². The molecule has 0 bridgehead atoms. The first-order valence-electron chi connectivity index (χ1n) is 6.77. The van der Waals surface area contributed by atoms with E-state index < -0.39 is 0 Å². The number of hydrogen-bond acceptors (Lipinski definition) is 2. The third-order valence-corrected chi connectivity index (χ3v) is 4.04. The lowest BCUT2D eigenvalue weighted by Crippen LogP contribution is -2.44. The average Bonchev–Trinajstić information content (AvgIpc) is 3.10. The van der Waals surface area contributed by atoms with Crippen LogP contribution in [0.25, 0.3) is 0 Å². The molecule has 2 rings (SSSR count). The number of rotatable bonds is 5. The van der Waals surface area contributed by atoms with Crippen molar-refractivity contribution >= 4 is 0 Å². The Morgan fingerprint density at radius 1 is 1.20 bits per heavy atom. The zero-order valence-electron chi connectivity index (χ0n) is 10.3. The van der Waals surface area contributed by atoms with E-state index in [1.54, 1.807) is 0 Å². The summed E-state index contributed by atoms with van der Waals surface area (Å²) >= 11 is 0. The molecule has 1 saturated heterocycles. The van der Waals surface area contributed by atoms with E-state index in [0.717, 1.165) is 18.0 Å². The quantitative estimate of drug-likeness (QED) is 0.749. The molecule has 88 valence electrons. The molecule has 2 nitrogen and oxygen atoms in total. The van der Waals surface area contributed by atoms with Gasteiger partial charge in [-0.1, -0.05) is 20.3 Å². The lowest BCUT2D eigenvalue weighted by Gasteiger charge is -2.33. The fraction of sp³-hybridized carbons (Fsp3) is 1.00. The molecule has 1 unspecified atom stereocenters. The first kappa shape index (κ1) is 11.4. The van der Waals surface area contributed by atoms with Crippen LogP contribution >= 0.6 is 0 Å². The first-order chi connectivity index (χ1) is 7.29. The second kappa shape index (κ2) is 5.31. The lowest BCUT2D eigenvalue weighted by molar-refractivity contribution is 0.187. The molecule has 2 heteroatoms. The minimum atomic E-state index is 0.800. The highest BCUT2D eigenvalue weighted by molar-refractivity contribution is 4.88. The Bertz CT molecular complexity index is 181. The van der Waals surface area contributed by atoms with E-state index in [2.05, 4.69) is 24.1 Å². The highest BCUT2D eigenvalue weighted by Gasteiger charge is 2.31. The minimum Gasteiger partial charge on any atom is -0.314 e. The van der Waals surface area contributed by atoms with E-state index >= 15 is 0 Å². The van der Waals surface area contributed by atoms with E-state index in [-0.39, 0.29) is 0 Å². The summed E-state index contributed by atoms with van der Waals surface area (Å²) in [7, 11) is 0. The van der Waals surface area contributed by atoms with Crippen molar-refractivity contribution in [2.24, 2.45) is 5.92 Å². The van der Waals surface area contributed by atoms with E-state index in [4.69, 9.17) is 0 Å². The van der Waals surface area contributed by atoms with Gasteiger partial charge in [-0.2, -0.15) is 0 Å². The van der Waals surface area contributed by atoms with E-state index in [1.807, 2.05) is 0 Å². The van der Waals surface area contributed by atoms with Crippen LogP contribution in [-0.2, 0) is 0 Å². The maximum atomic E-state index is 3.73. The van der Waals surface area contributed by atoms with E-state index in [1.165, 1.54) is 51.7 Å². The predicted octanol–water partition coefficient (Wildman–Crippen LogP) is 2.25. The second-order valence-electron chi connectivity index (χ2n) is 5.46. The SMILES string of the molecule is CCC(C)CNC1CCN(C2CC2)CC1. The van der Waals surface area contributed by atoms with Gasteiger partial charge in [0, 0.05) is 12.1 Å². The zero-order chi connectivity index (χ0) is 10.7. The van der Waals surface area contributed by atoms with Crippen LogP contribution in [0.2, 0.25) is 0 Å². The summed E-state index contributed by atoms with van der Waals surface area (Å²) in [5.74, 6) is 0.839. The number of hydrogen-bond donors (Lipinski definition) is 1. The van der Waals surface area contributed by atoms with E-state index in [0.29, 0.717) is 0 Å². The Hall–Kier alpha value is -0.0800. The molecule has 2 fully saturated rings. The molecule has 2 aliphatic rings. The van der Waals surface area contributed by atoms with Gasteiger partial charge in [0.2, 0.25) is 0 Å². The molecular weight excluding hydrogens is 184 g/mol. The Morgan fingerprint density at radius 3 is 2.40 bits per heavy atom. The number of piperidine rings is 1. The van der Waals surface area contributed by atoms with Crippen LogP contribution in [0, 0.1) is 5.92 Å². The monoisotopic (exact) mass is 210 g/mol. The summed E-state index contributed by atoms with van der Waals surface area (Å²) in [6, 6.07) is 1.77. The summed E-state index contributed by atoms with van der Waals surface area (Å²) in [6.07, 6.45) is 6.96. The smallest absolute Gasteiger partial charge is 0.00964 e. The molecule has 1 aliphatic carbocycles. The maximum Gasteiger partial charge on any atom is 0.00964 e. The summed E-state index contributed by atoms with van der Waals surface area (Å²) in [6.45, 7) is 8.50. The molecule has 0 aromatic rings. The standard InChI is InChI=1S/C13H26N2/c1-3-11(2)10-14-12-6-8-15(9-7-12)13-4-5-13/h11-14H,3-10H2,1-2H3. The minimum absolute atomic E-state index is 0.800. The Morgan fingerprint density at radius 2 is 1.87 bits per heavy atom.